The van der Waals surface area contributed by atoms with Crippen LogP contribution in [0.2, 0.25) is 0 Å². The van der Waals surface area contributed by atoms with Crippen molar-refractivity contribution in [1.29, 1.82) is 5.26 Å². The van der Waals surface area contributed by atoms with Crippen LogP contribution in [0.5, 0.6) is 0 Å². The molecule has 0 unspecified atom stereocenters. The fraction of sp³-hybridized carbons (Fsp3) is 0.0312. The molecule has 2 heterocycles. The number of nitro benzene ring substituents is 1. The van der Waals surface area contributed by atoms with Gasteiger partial charge in [-0.1, -0.05) is 301 Å². The first-order valence-electron chi connectivity index (χ1n) is 36.4. The van der Waals surface area contributed by atoms with Gasteiger partial charge in [-0.3, -0.25) is 38.0 Å². The van der Waals surface area contributed by atoms with Crippen molar-refractivity contribution in [3.8, 4) is 28.5 Å². The fourth-order valence-corrected chi connectivity index (χ4v) is 12.6. The third kappa shape index (κ3) is 27.6. The van der Waals surface area contributed by atoms with E-state index in [0.717, 1.165) is 111 Å². The number of hydrogen-bond donors (Lipinski definition) is 3. The summed E-state index contributed by atoms with van der Waals surface area (Å²) in [5.74, 6) is 0.466. The number of aryl methyl sites for hydroxylation is 2. The van der Waals surface area contributed by atoms with Crippen molar-refractivity contribution >= 4 is 135 Å². The Morgan fingerprint density at radius 1 is 0.445 bits per heavy atom. The van der Waals surface area contributed by atoms with E-state index in [9.17, 15) is 24.5 Å². The van der Waals surface area contributed by atoms with Crippen LogP contribution in [-0.4, -0.2) is 63.3 Å². The molecule has 1 aliphatic heterocycles. The Bertz CT molecular complexity index is 5820. The maximum atomic E-state index is 12.9. The molecule has 0 spiro atoms. The molecule has 0 saturated heterocycles. The molecule has 0 saturated carbocycles. The van der Waals surface area contributed by atoms with E-state index in [2.05, 4.69) is 158 Å². The van der Waals surface area contributed by atoms with Crippen LogP contribution in [0.3, 0.4) is 0 Å². The van der Waals surface area contributed by atoms with Crippen LogP contribution < -0.4 is 68.6 Å². The van der Waals surface area contributed by atoms with Gasteiger partial charge in [-0.15, -0.1) is 0 Å². The third-order valence-corrected chi connectivity index (χ3v) is 18.8. The molecule has 0 fully saturated rings. The largest absolute Gasteiger partial charge is 2.00 e. The molecule has 119 heavy (non-hydrogen) atoms. The summed E-state index contributed by atoms with van der Waals surface area (Å²) >= 11 is 9.96. The summed E-state index contributed by atoms with van der Waals surface area (Å²) in [5.41, 5.74) is 37.6. The smallest absolute Gasteiger partial charge is 0.870 e. The second-order valence-electron chi connectivity index (χ2n) is 25.2. The standard InChI is InChI=1S/C28H22N2.C26H20N2O2.C13H8BrNO.C13H10BrNO.C8H7N.C6H4BrNO2.2CHO.K.Ni.2H2O/c1-19-13-15-25-23(17-19)27(21-9-5-3-6-10-21)30-26-16-14-20(2)18-24(26)28(29-25)22-11-7-4-8-12-22;27-23-13-11-19(15-21(23)25(29)17-7-3-1-4-8-17)20-12-14-24(28)22(16-20)26(30)18-9-5-2-6-10-18;14-10-6-7-12-11(8-10)13(16-15-12)9-4-2-1-3-5-9;14-10-6-7-12(15)11(8-10)13(16)9-4-2-1-3-5-9;9-7-6-8-4-2-1-3-5-8;7-5-1-3-6(4-2-5)8(9)10;2*1-2;;;;/h3-18H,1-2H3;1-16H,27-28H2;1-8H;1-8H,15H2;1-5H,6H2;1-4H;2*1H;;;2*1H2/q;;;;;;2*-1;+1;+2;;/p-2/i;;;;;;2*1D;;;;. The number of carbonyl (C=O) groups is 3. The fourth-order valence-electron chi connectivity index (χ4n) is 11.7. The van der Waals surface area contributed by atoms with E-state index < -0.39 is 4.92 Å². The number of nitrogens with two attached hydrogens (primary N) is 3. The van der Waals surface area contributed by atoms with Gasteiger partial charge in [-0.05, 0) is 128 Å². The number of nitrogen functional groups attached to an aromatic ring is 3. The number of carbonyl (C=O) groups excluding carboxylic acids is 5. The van der Waals surface area contributed by atoms with Gasteiger partial charge in [0.2, 0.25) is 0 Å². The summed E-state index contributed by atoms with van der Waals surface area (Å²) < 4.78 is 18.9. The van der Waals surface area contributed by atoms with Gasteiger partial charge in [0.15, 0.2) is 23.1 Å². The van der Waals surface area contributed by atoms with Crippen LogP contribution in [-0.2, 0) is 32.5 Å². The second kappa shape index (κ2) is 49.9. The molecule has 1 aliphatic rings. The molecule has 0 amide bonds. The van der Waals surface area contributed by atoms with Gasteiger partial charge in [0, 0.05) is 104 Å². The quantitative estimate of drug-likeness (QED) is 0.0195. The summed E-state index contributed by atoms with van der Waals surface area (Å²) in [4.78, 5) is 74.7. The molecule has 0 radical (unpaired) electrons. The zero-order valence-electron chi connectivity index (χ0n) is 66.2. The molecule has 1 aromatic heterocycles. The third-order valence-electron chi connectivity index (χ3n) is 17.3. The minimum atomic E-state index is -0.424. The summed E-state index contributed by atoms with van der Waals surface area (Å²) in [7, 11) is 0. The van der Waals surface area contributed by atoms with E-state index in [-0.39, 0.29) is 102 Å². The van der Waals surface area contributed by atoms with Gasteiger partial charge in [-0.2, -0.15) is 8.00 Å². The van der Waals surface area contributed by atoms with Crippen LogP contribution in [0, 0.1) is 35.3 Å². The number of nitrogens with zero attached hydrogens (tertiary/aromatic N) is 5. The van der Waals surface area contributed by atoms with Gasteiger partial charge >= 0.3 is 67.9 Å². The maximum absolute atomic E-state index is 12.9. The van der Waals surface area contributed by atoms with Crippen LogP contribution in [0.1, 0.15) is 89.4 Å². The second-order valence-corrected chi connectivity index (χ2v) is 28.0. The van der Waals surface area contributed by atoms with Crippen LogP contribution in [0.4, 0.5) is 34.1 Å². The number of nitriles is 1. The van der Waals surface area contributed by atoms with Gasteiger partial charge < -0.3 is 42.3 Å². The van der Waals surface area contributed by atoms with Crippen LogP contribution >= 0.6 is 47.8 Å². The normalized spacial score (nSPS) is 10.3. The van der Waals surface area contributed by atoms with E-state index in [4.69, 9.17) is 49.3 Å². The summed E-state index contributed by atoms with van der Waals surface area (Å²) in [5, 5.41) is 23.4. The van der Waals surface area contributed by atoms with Gasteiger partial charge in [0.05, 0.1) is 45.6 Å². The summed E-state index contributed by atoms with van der Waals surface area (Å²) in [6.45, 7) is 5.72. The first-order chi connectivity index (χ1) is 56.7. The Hall–Kier alpha value is -12.0. The first-order valence-corrected chi connectivity index (χ1v) is 37.7. The summed E-state index contributed by atoms with van der Waals surface area (Å²) in [6.07, 6.45) is 0.515. The van der Waals surface area contributed by atoms with Gasteiger partial charge in [0.1, 0.15) is 5.52 Å². The number of fused-ring (bicyclic) bond motifs is 3. The Balaban J connectivity index is 0.000000265. The molecule has 8 N–H and O–H groups in total. The molecule has 0 aliphatic carbocycles. The number of aliphatic imine (C=N–C) groups is 2. The molecular formula is C96H75Br3KN8NiO10-. The Morgan fingerprint density at radius 2 is 0.782 bits per heavy atom. The van der Waals surface area contributed by atoms with Crippen molar-refractivity contribution in [3.63, 3.8) is 0 Å². The average molecular weight is 1840 g/mol. The van der Waals surface area contributed by atoms with Crippen LogP contribution in [0.15, 0.2) is 374 Å². The van der Waals surface area contributed by atoms with Crippen molar-refractivity contribution in [2.75, 3.05) is 17.2 Å². The molecule has 0 atom stereocenters. The van der Waals surface area contributed by atoms with E-state index in [1.54, 1.807) is 84.9 Å². The molecule has 16 rings (SSSR count). The first kappa shape index (κ1) is 94.2. The SMILES string of the molecule is Brc1ccc2noc(-c3ccccc3)c2c1.Cc1ccc2c(c1)C(c1ccccc1)=Nc1ccc(C)cc1C(c1ccccc1)=N2.N#CCc1ccccc1.Nc1ccc(-c2ccc(N)c(C(=O)c3ccccc3)c2)cc1C(=O)c1ccccc1.Nc1ccc(Br)cc1C(=O)c1ccccc1.O=[N+]([O-])c1ccc(Br)cc1.[2H][C-]=O.[2H][C-]=O.[K+].[Ni+2].[OH-].[OH-]. The predicted octanol–water partition coefficient (Wildman–Crippen LogP) is 19.7. The molecule has 14 aromatic carbocycles. The van der Waals surface area contributed by atoms with Crippen molar-refractivity contribution in [3.05, 3.63) is 442 Å². The van der Waals surface area contributed by atoms with Crippen molar-refractivity contribution in [2.45, 2.75) is 20.3 Å². The average Bonchev–Trinajstić information content (AvgIpc) is 1.28. The predicted molar refractivity (Wildman–Crippen MR) is 476 cm³/mol. The van der Waals surface area contributed by atoms with Crippen molar-refractivity contribution in [2.24, 2.45) is 9.98 Å². The Labute approximate surface area is 770 Å². The Morgan fingerprint density at radius 3 is 1.17 bits per heavy atom. The number of rotatable bonds is 12. The van der Waals surface area contributed by atoms with E-state index in [1.165, 1.54) is 23.3 Å². The number of ketones is 3. The number of hydrogen-bond acceptors (Lipinski definition) is 17. The van der Waals surface area contributed by atoms with Gasteiger partial charge in [-0.25, -0.2) is 9.98 Å². The Kier molecular flexibility index (Phi) is 39.5. The molecule has 18 nitrogen and oxygen atoms in total. The van der Waals surface area contributed by atoms with Crippen LogP contribution in [0.25, 0.3) is 33.4 Å². The molecular weight excluding hydrogens is 1760 g/mol. The molecule has 23 heteroatoms. The number of benzene rings is 14. The van der Waals surface area contributed by atoms with E-state index in [1.807, 2.05) is 164 Å². The molecule has 592 valence electrons. The number of non-ortho nitro benzene ring substituents is 1. The minimum Gasteiger partial charge on any atom is -0.870 e. The van der Waals surface area contributed by atoms with E-state index >= 15 is 0 Å². The number of aromatic nitrogens is 1. The van der Waals surface area contributed by atoms with Crippen molar-refractivity contribution < 1.29 is 115 Å². The number of anilines is 3. The number of halogens is 3. The van der Waals surface area contributed by atoms with Gasteiger partial charge in [0.25, 0.3) is 5.69 Å². The number of nitro groups is 1. The summed E-state index contributed by atoms with van der Waals surface area (Å²) in [6, 6.07) is 110. The topological polar surface area (TPSA) is 341 Å². The maximum Gasteiger partial charge on any atom is 2.00 e. The van der Waals surface area contributed by atoms with E-state index in [0.29, 0.717) is 56.9 Å². The zero-order chi connectivity index (χ0) is 83.6. The zero-order valence-corrected chi connectivity index (χ0v) is 73.1. The molecule has 15 aromatic rings. The minimum absolute atomic E-state index is 0. The molecule has 0 bridgehead atoms. The monoisotopic (exact) mass is 1840 g/mol. The van der Waals surface area contributed by atoms with Crippen molar-refractivity contribution in [1.82, 2.24) is 5.16 Å².